The van der Waals surface area contributed by atoms with Crippen LogP contribution in [0, 0.1) is 0 Å². The van der Waals surface area contributed by atoms with Crippen molar-refractivity contribution in [2.24, 2.45) is 0 Å². The Labute approximate surface area is 116 Å². The molecule has 0 bridgehead atoms. The first kappa shape index (κ1) is 15.1. The van der Waals surface area contributed by atoms with Gasteiger partial charge < -0.3 is 5.32 Å². The zero-order valence-electron chi connectivity index (χ0n) is 11.5. The molecule has 98 valence electrons. The van der Waals surface area contributed by atoms with Crippen molar-refractivity contribution in [3.8, 4) is 0 Å². The maximum atomic E-state index is 11.2. The molecule has 0 aromatic heterocycles. The highest BCUT2D eigenvalue weighted by Gasteiger charge is 2.15. The summed E-state index contributed by atoms with van der Waals surface area (Å²) < 4.78 is 0. The molecule has 0 unspecified atom stereocenters. The van der Waals surface area contributed by atoms with Gasteiger partial charge in [-0.25, -0.2) is 0 Å². The second-order valence-corrected chi connectivity index (χ2v) is 11.7. The monoisotopic (exact) mass is 279 g/mol. The van der Waals surface area contributed by atoms with Crippen molar-refractivity contribution in [2.75, 3.05) is 6.17 Å². The number of Topliss-reactive ketones (excluding diaryl/α,β-unsaturated/α-hetero) is 1. The Hall–Kier alpha value is -1.00. The molecule has 2 nitrogen and oxygen atoms in total. The summed E-state index contributed by atoms with van der Waals surface area (Å²) in [5.41, 5.74) is 2.00. The van der Waals surface area contributed by atoms with E-state index < -0.39 is 8.07 Å². The topological polar surface area (TPSA) is 29.1 Å². The lowest BCUT2D eigenvalue weighted by molar-refractivity contribution is -0.116. The Morgan fingerprint density at radius 2 is 1.89 bits per heavy atom. The van der Waals surface area contributed by atoms with E-state index in [1.807, 2.05) is 24.3 Å². The third kappa shape index (κ3) is 5.10. The molecule has 0 amide bonds. The minimum atomic E-state index is -1.17. The van der Waals surface area contributed by atoms with Crippen LogP contribution >= 0.6 is 12.2 Å². The van der Waals surface area contributed by atoms with Gasteiger partial charge in [0.05, 0.1) is 8.07 Å². The largest absolute Gasteiger partial charge is 0.379 e. The molecular weight excluding hydrogens is 258 g/mol. The van der Waals surface area contributed by atoms with E-state index >= 15 is 0 Å². The normalized spacial score (nSPS) is 11.1. The van der Waals surface area contributed by atoms with Crippen LogP contribution < -0.4 is 5.32 Å². The van der Waals surface area contributed by atoms with Crippen molar-refractivity contribution in [3.05, 3.63) is 35.4 Å². The fourth-order valence-electron chi connectivity index (χ4n) is 1.60. The van der Waals surface area contributed by atoms with E-state index in [4.69, 9.17) is 12.2 Å². The third-order valence-corrected chi connectivity index (χ3v) is 4.08. The maximum absolute atomic E-state index is 11.2. The second-order valence-electron chi connectivity index (χ2n) is 5.78. The molecule has 0 aliphatic rings. The predicted octanol–water partition coefficient (Wildman–Crippen LogP) is 2.96. The fourth-order valence-corrected chi connectivity index (χ4v) is 2.71. The predicted molar refractivity (Wildman–Crippen MR) is 83.9 cm³/mol. The van der Waals surface area contributed by atoms with Crippen LogP contribution in [0.15, 0.2) is 24.3 Å². The molecule has 1 N–H and O–H groups in total. The average molecular weight is 279 g/mol. The zero-order valence-corrected chi connectivity index (χ0v) is 13.4. The highest BCUT2D eigenvalue weighted by atomic mass is 32.1. The Morgan fingerprint density at radius 1 is 1.28 bits per heavy atom. The summed E-state index contributed by atoms with van der Waals surface area (Å²) in [5, 5.41) is 3.33. The van der Waals surface area contributed by atoms with Gasteiger partial charge in [-0.2, -0.15) is 0 Å². The summed E-state index contributed by atoms with van der Waals surface area (Å²) in [6.45, 7) is 8.49. The third-order valence-electron chi connectivity index (χ3n) is 2.48. The van der Waals surface area contributed by atoms with Gasteiger partial charge in [0.25, 0.3) is 0 Å². The molecule has 0 heterocycles. The van der Waals surface area contributed by atoms with Crippen molar-refractivity contribution in [1.29, 1.82) is 0 Å². The van der Waals surface area contributed by atoms with Crippen molar-refractivity contribution >= 4 is 31.1 Å². The van der Waals surface area contributed by atoms with Gasteiger partial charge in [0.2, 0.25) is 0 Å². The van der Waals surface area contributed by atoms with Gasteiger partial charge in [-0.05, 0) is 12.5 Å². The second kappa shape index (κ2) is 6.25. The summed E-state index contributed by atoms with van der Waals surface area (Å²) in [7, 11) is -1.17. The van der Waals surface area contributed by atoms with Gasteiger partial charge in [0.15, 0.2) is 0 Å². The molecule has 0 radical (unpaired) electrons. The molecular formula is C14H21NOSSi. The van der Waals surface area contributed by atoms with E-state index in [-0.39, 0.29) is 5.78 Å². The lowest BCUT2D eigenvalue weighted by atomic mass is 10.0. The Kier molecular flexibility index (Phi) is 5.23. The molecule has 0 saturated carbocycles. The Bertz CT molecular complexity index is 451. The van der Waals surface area contributed by atoms with Crippen LogP contribution in [-0.4, -0.2) is 25.0 Å². The standard InChI is InChI=1S/C14H21NOSSi/c1-11(16)9-12-7-5-6-8-13(12)14(17)15-10-18(2,3)4/h5-8H,9-10H2,1-4H3,(H,15,17). The van der Waals surface area contributed by atoms with E-state index in [0.29, 0.717) is 6.42 Å². The Morgan fingerprint density at radius 3 is 2.44 bits per heavy atom. The van der Waals surface area contributed by atoms with Crippen LogP contribution in [0.5, 0.6) is 0 Å². The van der Waals surface area contributed by atoms with Crippen LogP contribution in [-0.2, 0) is 11.2 Å². The van der Waals surface area contributed by atoms with Gasteiger partial charge in [0.1, 0.15) is 10.8 Å². The molecule has 0 aliphatic heterocycles. The number of thiocarbonyl (C=S) groups is 1. The molecule has 0 saturated heterocycles. The molecule has 0 fully saturated rings. The number of nitrogens with one attached hydrogen (secondary N) is 1. The molecule has 1 aromatic rings. The first-order chi connectivity index (χ1) is 8.29. The molecule has 0 atom stereocenters. The summed E-state index contributed by atoms with van der Waals surface area (Å²) in [6, 6.07) is 7.86. The van der Waals surface area contributed by atoms with E-state index in [1.165, 1.54) is 0 Å². The summed E-state index contributed by atoms with van der Waals surface area (Å²) in [5.74, 6) is 0.162. The minimum Gasteiger partial charge on any atom is -0.379 e. The van der Waals surface area contributed by atoms with Crippen LogP contribution in [0.4, 0.5) is 0 Å². The van der Waals surface area contributed by atoms with Crippen LogP contribution in [0.2, 0.25) is 19.6 Å². The number of hydrogen-bond acceptors (Lipinski definition) is 2. The minimum absolute atomic E-state index is 0.162. The van der Waals surface area contributed by atoms with Crippen LogP contribution in [0.25, 0.3) is 0 Å². The van der Waals surface area contributed by atoms with E-state index in [9.17, 15) is 4.79 Å². The molecule has 18 heavy (non-hydrogen) atoms. The fraction of sp³-hybridized carbons (Fsp3) is 0.429. The molecule has 0 aliphatic carbocycles. The average Bonchev–Trinajstić information content (AvgIpc) is 2.25. The van der Waals surface area contributed by atoms with Crippen LogP contribution in [0.3, 0.4) is 0 Å². The summed E-state index contributed by atoms with van der Waals surface area (Å²) in [4.78, 5) is 12.0. The molecule has 1 rings (SSSR count). The number of carbonyl (C=O) groups is 1. The molecule has 0 spiro atoms. The highest BCUT2D eigenvalue weighted by molar-refractivity contribution is 7.80. The molecule has 1 aromatic carbocycles. The number of rotatable bonds is 5. The number of carbonyl (C=O) groups excluding carboxylic acids is 1. The van der Waals surface area contributed by atoms with Gasteiger partial charge in [0, 0.05) is 18.2 Å². The van der Waals surface area contributed by atoms with Crippen LogP contribution in [0.1, 0.15) is 18.1 Å². The highest BCUT2D eigenvalue weighted by Crippen LogP contribution is 2.11. The van der Waals surface area contributed by atoms with E-state index in [0.717, 1.165) is 22.3 Å². The summed E-state index contributed by atoms with van der Waals surface area (Å²) in [6.07, 6.45) is 1.41. The Balaban J connectivity index is 2.82. The summed E-state index contributed by atoms with van der Waals surface area (Å²) >= 11 is 5.43. The lowest BCUT2D eigenvalue weighted by Gasteiger charge is -2.19. The SMILES string of the molecule is CC(=O)Cc1ccccc1C(=S)NC[Si](C)(C)C. The van der Waals surface area contributed by atoms with Crippen molar-refractivity contribution in [1.82, 2.24) is 5.32 Å². The van der Waals surface area contributed by atoms with E-state index in [2.05, 4.69) is 25.0 Å². The number of ketones is 1. The zero-order chi connectivity index (χ0) is 13.8. The van der Waals surface area contributed by atoms with Gasteiger partial charge in [-0.1, -0.05) is 56.1 Å². The number of benzene rings is 1. The number of hydrogen-bond donors (Lipinski definition) is 1. The van der Waals surface area contributed by atoms with E-state index in [1.54, 1.807) is 6.92 Å². The van der Waals surface area contributed by atoms with Crippen molar-refractivity contribution < 1.29 is 4.79 Å². The first-order valence-corrected chi connectivity index (χ1v) is 10.3. The van der Waals surface area contributed by atoms with Crippen molar-refractivity contribution in [2.45, 2.75) is 33.0 Å². The van der Waals surface area contributed by atoms with Gasteiger partial charge in [-0.3, -0.25) is 4.79 Å². The quantitative estimate of drug-likeness (QED) is 0.664. The smallest absolute Gasteiger partial charge is 0.134 e. The maximum Gasteiger partial charge on any atom is 0.134 e. The lowest BCUT2D eigenvalue weighted by Crippen LogP contribution is -2.39. The van der Waals surface area contributed by atoms with Gasteiger partial charge >= 0.3 is 0 Å². The molecule has 4 heteroatoms. The van der Waals surface area contributed by atoms with Crippen molar-refractivity contribution in [3.63, 3.8) is 0 Å². The first-order valence-electron chi connectivity index (χ1n) is 6.15. The van der Waals surface area contributed by atoms with Gasteiger partial charge in [-0.15, -0.1) is 0 Å².